The predicted octanol–water partition coefficient (Wildman–Crippen LogP) is 2.95. The van der Waals surface area contributed by atoms with Gasteiger partial charge in [-0.15, -0.1) is 0 Å². The van der Waals surface area contributed by atoms with Gasteiger partial charge < -0.3 is 5.32 Å². The number of rotatable bonds is 5. The van der Waals surface area contributed by atoms with Crippen LogP contribution in [-0.2, 0) is 0 Å². The van der Waals surface area contributed by atoms with E-state index in [1.54, 1.807) is 11.8 Å². The molecule has 1 aromatic rings. The number of halogens is 1. The highest BCUT2D eigenvalue weighted by Gasteiger charge is 2.42. The minimum atomic E-state index is -0.454. The van der Waals surface area contributed by atoms with Gasteiger partial charge in [-0.1, -0.05) is 11.6 Å². The minimum Gasteiger partial charge on any atom is -0.363 e. The first kappa shape index (κ1) is 12.4. The number of pyridine rings is 1. The summed E-state index contributed by atoms with van der Waals surface area (Å²) in [5, 5.41) is 14.1. The average Bonchev–Trinajstić information content (AvgIpc) is 3.07. The average molecular weight is 274 g/mol. The molecule has 1 N–H and O–H groups in total. The highest BCUT2D eigenvalue weighted by Crippen LogP contribution is 2.47. The molecule has 0 atom stereocenters. The van der Waals surface area contributed by atoms with Crippen LogP contribution < -0.4 is 5.32 Å². The molecule has 2 rings (SSSR count). The van der Waals surface area contributed by atoms with Gasteiger partial charge >= 0.3 is 5.69 Å². The van der Waals surface area contributed by atoms with E-state index in [2.05, 4.69) is 16.6 Å². The maximum absolute atomic E-state index is 10.8. The van der Waals surface area contributed by atoms with E-state index in [1.807, 2.05) is 0 Å². The summed E-state index contributed by atoms with van der Waals surface area (Å²) in [7, 11) is 0. The first-order chi connectivity index (χ1) is 8.06. The Kier molecular flexibility index (Phi) is 3.44. The molecule has 92 valence electrons. The molecular formula is C10H12ClN3O2S. The van der Waals surface area contributed by atoms with Crippen LogP contribution in [-0.4, -0.2) is 27.5 Å². The molecule has 1 aromatic heterocycles. The van der Waals surface area contributed by atoms with Crippen LogP contribution in [0.4, 0.5) is 11.5 Å². The summed E-state index contributed by atoms with van der Waals surface area (Å²) >= 11 is 7.52. The van der Waals surface area contributed by atoms with Gasteiger partial charge in [0.15, 0.2) is 0 Å². The Bertz CT molecular complexity index is 451. The second-order valence-electron chi connectivity index (χ2n) is 4.00. The van der Waals surface area contributed by atoms with E-state index in [1.165, 1.54) is 12.1 Å². The quantitative estimate of drug-likeness (QED) is 0.507. The van der Waals surface area contributed by atoms with E-state index < -0.39 is 4.92 Å². The molecule has 1 aliphatic rings. The smallest absolute Gasteiger partial charge is 0.311 e. The molecule has 0 saturated heterocycles. The molecule has 0 spiro atoms. The molecule has 0 amide bonds. The lowest BCUT2D eigenvalue weighted by molar-refractivity contribution is -0.384. The Morgan fingerprint density at radius 1 is 1.65 bits per heavy atom. The Labute approximate surface area is 108 Å². The Morgan fingerprint density at radius 2 is 2.35 bits per heavy atom. The number of anilines is 1. The van der Waals surface area contributed by atoms with Crippen molar-refractivity contribution in [3.05, 3.63) is 27.4 Å². The van der Waals surface area contributed by atoms with Crippen LogP contribution in [0.25, 0.3) is 0 Å². The van der Waals surface area contributed by atoms with E-state index in [4.69, 9.17) is 11.6 Å². The zero-order valence-corrected chi connectivity index (χ0v) is 10.8. The second kappa shape index (κ2) is 4.70. The first-order valence-corrected chi connectivity index (χ1v) is 6.76. The van der Waals surface area contributed by atoms with E-state index in [-0.39, 0.29) is 21.4 Å². The molecule has 1 fully saturated rings. The van der Waals surface area contributed by atoms with Crippen molar-refractivity contribution in [3.8, 4) is 0 Å². The summed E-state index contributed by atoms with van der Waals surface area (Å²) < 4.78 is 0.220. The molecule has 0 radical (unpaired) electrons. The van der Waals surface area contributed by atoms with Crippen molar-refractivity contribution in [1.29, 1.82) is 0 Å². The standard InChI is InChI=1S/C10H12ClN3O2S/c1-17-10(4-5-10)6-12-9-7(14(15)16)2-3-8(11)13-9/h2-3H,4-6H2,1H3,(H,12,13). The maximum Gasteiger partial charge on any atom is 0.311 e. The highest BCUT2D eigenvalue weighted by molar-refractivity contribution is 8.00. The van der Waals surface area contributed by atoms with Crippen molar-refractivity contribution in [2.75, 3.05) is 18.1 Å². The van der Waals surface area contributed by atoms with Gasteiger partial charge in [-0.3, -0.25) is 10.1 Å². The number of thioether (sulfide) groups is 1. The van der Waals surface area contributed by atoms with E-state index in [9.17, 15) is 10.1 Å². The molecule has 1 saturated carbocycles. The van der Waals surface area contributed by atoms with Crippen LogP contribution in [0.1, 0.15) is 12.8 Å². The van der Waals surface area contributed by atoms with Gasteiger partial charge in [-0.2, -0.15) is 11.8 Å². The Balaban J connectivity index is 2.13. The number of nitro groups is 1. The van der Waals surface area contributed by atoms with Gasteiger partial charge in [0.25, 0.3) is 0 Å². The van der Waals surface area contributed by atoms with Crippen LogP contribution in [0, 0.1) is 10.1 Å². The first-order valence-electron chi connectivity index (χ1n) is 5.16. The lowest BCUT2D eigenvalue weighted by Crippen LogP contribution is -2.18. The SMILES string of the molecule is CSC1(CNc2nc(Cl)ccc2[N+](=O)[O-])CC1. The molecule has 0 aromatic carbocycles. The van der Waals surface area contributed by atoms with Crippen molar-refractivity contribution in [1.82, 2.24) is 4.98 Å². The summed E-state index contributed by atoms with van der Waals surface area (Å²) in [6.07, 6.45) is 4.32. The fourth-order valence-electron chi connectivity index (χ4n) is 1.54. The second-order valence-corrected chi connectivity index (χ2v) is 5.66. The summed E-state index contributed by atoms with van der Waals surface area (Å²) in [5.41, 5.74) is -0.0358. The lowest BCUT2D eigenvalue weighted by atomic mass is 10.3. The molecular weight excluding hydrogens is 262 g/mol. The minimum absolute atomic E-state index is 0.0358. The van der Waals surface area contributed by atoms with Crippen molar-refractivity contribution < 1.29 is 4.92 Å². The van der Waals surface area contributed by atoms with Gasteiger partial charge in [-0.25, -0.2) is 4.98 Å². The van der Waals surface area contributed by atoms with Crippen molar-refractivity contribution in [3.63, 3.8) is 0 Å². The fraction of sp³-hybridized carbons (Fsp3) is 0.500. The zero-order valence-electron chi connectivity index (χ0n) is 9.27. The van der Waals surface area contributed by atoms with E-state index >= 15 is 0 Å². The van der Waals surface area contributed by atoms with E-state index in [0.29, 0.717) is 6.54 Å². The Morgan fingerprint density at radius 3 is 2.88 bits per heavy atom. The van der Waals surface area contributed by atoms with Gasteiger partial charge in [0, 0.05) is 17.4 Å². The zero-order chi connectivity index (χ0) is 12.5. The monoisotopic (exact) mass is 273 g/mol. The number of aromatic nitrogens is 1. The molecule has 17 heavy (non-hydrogen) atoms. The van der Waals surface area contributed by atoms with Crippen LogP contribution >= 0.6 is 23.4 Å². The number of hydrogen-bond donors (Lipinski definition) is 1. The Hall–Kier alpha value is -1.01. The highest BCUT2D eigenvalue weighted by atomic mass is 35.5. The largest absolute Gasteiger partial charge is 0.363 e. The normalized spacial score (nSPS) is 16.6. The molecule has 1 aliphatic carbocycles. The molecule has 0 unspecified atom stereocenters. The maximum atomic E-state index is 10.8. The number of nitrogens with zero attached hydrogens (tertiary/aromatic N) is 2. The molecule has 0 bridgehead atoms. The molecule has 0 aliphatic heterocycles. The van der Waals surface area contributed by atoms with Gasteiger partial charge in [0.1, 0.15) is 5.15 Å². The van der Waals surface area contributed by atoms with Crippen LogP contribution in [0.2, 0.25) is 5.15 Å². The topological polar surface area (TPSA) is 68.1 Å². The third kappa shape index (κ3) is 2.81. The van der Waals surface area contributed by atoms with Gasteiger partial charge in [0.2, 0.25) is 5.82 Å². The summed E-state index contributed by atoms with van der Waals surface area (Å²) in [6, 6.07) is 2.79. The van der Waals surface area contributed by atoms with Gasteiger partial charge in [-0.05, 0) is 25.2 Å². The lowest BCUT2D eigenvalue weighted by Gasteiger charge is -2.13. The van der Waals surface area contributed by atoms with Crippen LogP contribution in [0.15, 0.2) is 12.1 Å². The van der Waals surface area contributed by atoms with Crippen LogP contribution in [0.5, 0.6) is 0 Å². The number of nitrogens with one attached hydrogen (secondary N) is 1. The number of hydrogen-bond acceptors (Lipinski definition) is 5. The third-order valence-corrected chi connectivity index (χ3v) is 4.48. The third-order valence-electron chi connectivity index (χ3n) is 2.86. The van der Waals surface area contributed by atoms with Gasteiger partial charge in [0.05, 0.1) is 4.92 Å². The van der Waals surface area contributed by atoms with Crippen molar-refractivity contribution >= 4 is 34.9 Å². The fourth-order valence-corrected chi connectivity index (χ4v) is 2.42. The van der Waals surface area contributed by atoms with Crippen LogP contribution in [0.3, 0.4) is 0 Å². The van der Waals surface area contributed by atoms with E-state index in [0.717, 1.165) is 12.8 Å². The summed E-state index contributed by atoms with van der Waals surface area (Å²) in [4.78, 5) is 14.3. The summed E-state index contributed by atoms with van der Waals surface area (Å²) in [6.45, 7) is 0.683. The van der Waals surface area contributed by atoms with Crippen molar-refractivity contribution in [2.24, 2.45) is 0 Å². The van der Waals surface area contributed by atoms with Crippen molar-refractivity contribution in [2.45, 2.75) is 17.6 Å². The molecule has 1 heterocycles. The molecule has 5 nitrogen and oxygen atoms in total. The summed E-state index contributed by atoms with van der Waals surface area (Å²) in [5.74, 6) is 0.253. The molecule has 7 heteroatoms. The predicted molar refractivity (Wildman–Crippen MR) is 69.9 cm³/mol.